The van der Waals surface area contributed by atoms with Gasteiger partial charge in [0.25, 0.3) is 0 Å². The van der Waals surface area contributed by atoms with Gasteiger partial charge in [-0.15, -0.1) is 0 Å². The van der Waals surface area contributed by atoms with Crippen LogP contribution in [-0.2, 0) is 26.0 Å². The number of rotatable bonds is 10. The Balaban J connectivity index is 0.000000671. The molecule has 4 aromatic rings. The third kappa shape index (κ3) is 8.47. The smallest absolute Gasteiger partial charge is 0.490 e. The number of hydrogen-bond acceptors (Lipinski definition) is 8. The molecule has 1 unspecified atom stereocenters. The third-order valence-electron chi connectivity index (χ3n) is 7.74. The number of likely N-dealkylation sites (N-methyl/N-ethyl adjacent to an activating group) is 1. The SMILES string of the molecule is CCOc1cc(C(Nc2ccc3c(N)nccc3c2)C(=O)N(C)Cc2ccccc2S(=O)(=O)C2CCC2)ccc1Cl.O=C(O)C(F)(F)F. The van der Waals surface area contributed by atoms with Crippen molar-refractivity contribution in [2.45, 2.75) is 55.1 Å². The number of carbonyl (C=O) groups is 2. The number of nitrogens with zero attached hydrogens (tertiary/aromatic N) is 2. The van der Waals surface area contributed by atoms with E-state index in [0.717, 1.165) is 17.2 Å². The molecule has 15 heteroatoms. The molecule has 1 aromatic heterocycles. The summed E-state index contributed by atoms with van der Waals surface area (Å²) < 4.78 is 64.0. The van der Waals surface area contributed by atoms with Gasteiger partial charge in [0.2, 0.25) is 5.91 Å². The molecule has 1 atom stereocenters. The summed E-state index contributed by atoms with van der Waals surface area (Å²) in [5, 5.41) is 12.3. The predicted octanol–water partition coefficient (Wildman–Crippen LogP) is 6.64. The number of aromatic nitrogens is 1. The third-order valence-corrected chi connectivity index (χ3v) is 10.4. The van der Waals surface area contributed by atoms with Crippen molar-refractivity contribution in [2.24, 2.45) is 0 Å². The van der Waals surface area contributed by atoms with E-state index in [4.69, 9.17) is 32.0 Å². The lowest BCUT2D eigenvalue weighted by Crippen LogP contribution is -2.36. The van der Waals surface area contributed by atoms with Crippen LogP contribution in [0.15, 0.2) is 77.8 Å². The number of nitrogen functional groups attached to an aromatic ring is 1. The highest BCUT2D eigenvalue weighted by molar-refractivity contribution is 7.92. The molecule has 0 bridgehead atoms. The lowest BCUT2D eigenvalue weighted by Gasteiger charge is -2.29. The summed E-state index contributed by atoms with van der Waals surface area (Å²) in [6.45, 7) is 2.41. The second kappa shape index (κ2) is 15.1. The maximum Gasteiger partial charge on any atom is 0.490 e. The topological polar surface area (TPSA) is 152 Å². The van der Waals surface area contributed by atoms with Crippen molar-refractivity contribution in [3.63, 3.8) is 0 Å². The molecule has 3 aromatic carbocycles. The maximum atomic E-state index is 14.1. The van der Waals surface area contributed by atoms with Crippen molar-refractivity contribution in [3.8, 4) is 5.75 Å². The molecule has 1 saturated carbocycles. The minimum Gasteiger partial charge on any atom is -0.492 e. The molecule has 1 aliphatic rings. The number of carboxylic acid groups (broad SMARTS) is 1. The van der Waals surface area contributed by atoms with Gasteiger partial charge in [-0.3, -0.25) is 4.79 Å². The van der Waals surface area contributed by atoms with E-state index in [0.29, 0.717) is 57.7 Å². The number of halogens is 4. The lowest BCUT2D eigenvalue weighted by molar-refractivity contribution is -0.192. The van der Waals surface area contributed by atoms with Crippen LogP contribution in [-0.4, -0.2) is 60.4 Å². The number of aliphatic carboxylic acids is 1. The predicted molar refractivity (Wildman–Crippen MR) is 177 cm³/mol. The zero-order chi connectivity index (χ0) is 35.2. The highest BCUT2D eigenvalue weighted by Crippen LogP contribution is 2.34. The Morgan fingerprint density at radius 1 is 1.12 bits per heavy atom. The van der Waals surface area contributed by atoms with Gasteiger partial charge in [-0.05, 0) is 78.7 Å². The van der Waals surface area contributed by atoms with Crippen molar-refractivity contribution in [3.05, 3.63) is 89.1 Å². The van der Waals surface area contributed by atoms with Gasteiger partial charge in [0, 0.05) is 30.9 Å². The first-order chi connectivity index (χ1) is 22.6. The molecule has 256 valence electrons. The van der Waals surface area contributed by atoms with Gasteiger partial charge in [-0.1, -0.05) is 42.3 Å². The molecule has 0 spiro atoms. The van der Waals surface area contributed by atoms with Crippen LogP contribution in [0.3, 0.4) is 0 Å². The molecule has 10 nitrogen and oxygen atoms in total. The monoisotopic (exact) mass is 706 g/mol. The summed E-state index contributed by atoms with van der Waals surface area (Å²) in [6.07, 6.45) is -1.19. The average molecular weight is 707 g/mol. The molecular weight excluding hydrogens is 673 g/mol. The normalized spacial score (nSPS) is 13.9. The fourth-order valence-electron chi connectivity index (χ4n) is 5.04. The Kier molecular flexibility index (Phi) is 11.4. The first kappa shape index (κ1) is 36.3. The Bertz CT molecular complexity index is 1900. The first-order valence-electron chi connectivity index (χ1n) is 14.8. The molecule has 5 rings (SSSR count). The molecule has 0 saturated heterocycles. The van der Waals surface area contributed by atoms with Gasteiger partial charge >= 0.3 is 12.1 Å². The second-order valence-electron chi connectivity index (χ2n) is 11.0. The van der Waals surface area contributed by atoms with Crippen LogP contribution < -0.4 is 15.8 Å². The van der Waals surface area contributed by atoms with Gasteiger partial charge in [0.15, 0.2) is 9.84 Å². The Labute approximate surface area is 280 Å². The molecule has 1 heterocycles. The number of benzene rings is 3. The van der Waals surface area contributed by atoms with Crippen LogP contribution in [0.1, 0.15) is 43.4 Å². The number of nitrogens with two attached hydrogens (primary N) is 1. The summed E-state index contributed by atoms with van der Waals surface area (Å²) in [5.74, 6) is -2.10. The van der Waals surface area contributed by atoms with E-state index in [1.54, 1.807) is 60.6 Å². The minimum atomic E-state index is -5.08. The van der Waals surface area contributed by atoms with Crippen molar-refractivity contribution in [1.82, 2.24) is 9.88 Å². The fourth-order valence-corrected chi connectivity index (χ4v) is 7.29. The van der Waals surface area contributed by atoms with Crippen LogP contribution in [0.4, 0.5) is 24.7 Å². The van der Waals surface area contributed by atoms with Crippen LogP contribution >= 0.6 is 11.6 Å². The zero-order valence-corrected chi connectivity index (χ0v) is 27.6. The van der Waals surface area contributed by atoms with Gasteiger partial charge in [-0.25, -0.2) is 18.2 Å². The number of fused-ring (bicyclic) bond motifs is 1. The highest BCUT2D eigenvalue weighted by atomic mass is 35.5. The lowest BCUT2D eigenvalue weighted by atomic mass is 10.00. The van der Waals surface area contributed by atoms with Gasteiger partial charge in [-0.2, -0.15) is 13.2 Å². The molecule has 1 aliphatic carbocycles. The number of anilines is 2. The van der Waals surface area contributed by atoms with Crippen LogP contribution in [0.5, 0.6) is 5.75 Å². The molecule has 48 heavy (non-hydrogen) atoms. The Morgan fingerprint density at radius 3 is 2.44 bits per heavy atom. The van der Waals surface area contributed by atoms with E-state index in [2.05, 4.69) is 10.3 Å². The van der Waals surface area contributed by atoms with Crippen LogP contribution in [0.2, 0.25) is 5.02 Å². The van der Waals surface area contributed by atoms with E-state index in [1.807, 2.05) is 31.2 Å². The molecule has 1 amide bonds. The minimum absolute atomic E-state index is 0.130. The van der Waals surface area contributed by atoms with Gasteiger partial charge < -0.3 is 25.8 Å². The number of alkyl halides is 3. The highest BCUT2D eigenvalue weighted by Gasteiger charge is 2.38. The van der Waals surface area contributed by atoms with E-state index >= 15 is 0 Å². The van der Waals surface area contributed by atoms with E-state index in [1.165, 1.54) is 0 Å². The van der Waals surface area contributed by atoms with Crippen molar-refractivity contribution in [2.75, 3.05) is 24.7 Å². The number of ether oxygens (including phenoxy) is 1. The van der Waals surface area contributed by atoms with E-state index < -0.39 is 28.0 Å². The quantitative estimate of drug-likeness (QED) is 0.165. The van der Waals surface area contributed by atoms with Crippen molar-refractivity contribution in [1.29, 1.82) is 0 Å². The van der Waals surface area contributed by atoms with E-state index in [-0.39, 0.29) is 17.7 Å². The number of hydrogen-bond donors (Lipinski definition) is 3. The number of sulfone groups is 1. The number of pyridine rings is 1. The fraction of sp³-hybridized carbons (Fsp3) is 0.303. The zero-order valence-electron chi connectivity index (χ0n) is 26.0. The van der Waals surface area contributed by atoms with Crippen molar-refractivity contribution >= 4 is 55.6 Å². The number of carboxylic acids is 1. The van der Waals surface area contributed by atoms with Crippen LogP contribution in [0, 0.1) is 0 Å². The molecule has 0 aliphatic heterocycles. The number of amides is 1. The summed E-state index contributed by atoms with van der Waals surface area (Å²) >= 11 is 6.36. The molecule has 0 radical (unpaired) electrons. The molecule has 4 N–H and O–H groups in total. The Hall–Kier alpha value is -4.56. The van der Waals surface area contributed by atoms with Crippen LogP contribution in [0.25, 0.3) is 10.8 Å². The largest absolute Gasteiger partial charge is 0.492 e. The summed E-state index contributed by atoms with van der Waals surface area (Å²) in [5.41, 5.74) is 7.98. The van der Waals surface area contributed by atoms with Crippen molar-refractivity contribution < 1.29 is 41.0 Å². The average Bonchev–Trinajstić information content (AvgIpc) is 3.00. The molecule has 1 fully saturated rings. The summed E-state index contributed by atoms with van der Waals surface area (Å²) in [6, 6.07) is 18.8. The van der Waals surface area contributed by atoms with Gasteiger partial charge in [0.1, 0.15) is 17.6 Å². The summed E-state index contributed by atoms with van der Waals surface area (Å²) in [7, 11) is -1.79. The summed E-state index contributed by atoms with van der Waals surface area (Å²) in [4.78, 5) is 29.0. The standard InChI is InChI=1S/C31H33ClN4O4S.C2HF3O2/c1-3-40-27-18-21(11-14-26(27)32)29(35-23-12-13-25-20(17-23)15-16-34-30(25)33)31(37)36(2)19-22-7-4-5-10-28(22)41(38,39)24-8-6-9-24;3-2(4,5)1(6)7/h4-5,7,10-18,24,29,35H,3,6,8-9,19H2,1-2H3,(H2,33,34);(H,6,7). The molecular formula is C33H34ClF3N4O6S. The van der Waals surface area contributed by atoms with E-state index in [9.17, 15) is 26.4 Å². The Morgan fingerprint density at radius 2 is 1.81 bits per heavy atom. The first-order valence-corrected chi connectivity index (χ1v) is 16.8. The second-order valence-corrected chi connectivity index (χ2v) is 13.6. The number of nitrogens with one attached hydrogen (secondary N) is 1. The van der Waals surface area contributed by atoms with Gasteiger partial charge in [0.05, 0.1) is 21.8 Å². The maximum absolute atomic E-state index is 14.1. The number of carbonyl (C=O) groups excluding carboxylic acids is 1.